The van der Waals surface area contributed by atoms with E-state index in [0.717, 1.165) is 5.56 Å². The van der Waals surface area contributed by atoms with Crippen molar-refractivity contribution in [3.8, 4) is 5.75 Å². The fourth-order valence-electron chi connectivity index (χ4n) is 1.66. The van der Waals surface area contributed by atoms with E-state index in [4.69, 9.17) is 9.84 Å². The monoisotopic (exact) mass is 302 g/mol. The lowest BCUT2D eigenvalue weighted by atomic mass is 10.2. The molecule has 1 rings (SSSR count). The summed E-state index contributed by atoms with van der Waals surface area (Å²) in [6, 6.07) is 5.00. The summed E-state index contributed by atoms with van der Waals surface area (Å²) < 4.78 is 32.0. The molecule has 0 aliphatic carbocycles. The molecule has 0 bridgehead atoms. The van der Waals surface area contributed by atoms with E-state index < -0.39 is 16.1 Å². The molecule has 3 N–H and O–H groups in total. The standard InChI is InChI=1S/C13H22N2O4S/c1-10-4-5-12(19-3)13(8-10)20(17,18)15-7-6-14-9-11(2)16/h4-5,8,11,14-16H,6-7,9H2,1-3H3. The van der Waals surface area contributed by atoms with E-state index >= 15 is 0 Å². The smallest absolute Gasteiger partial charge is 0.244 e. The van der Waals surface area contributed by atoms with Crippen molar-refractivity contribution in [2.75, 3.05) is 26.7 Å². The van der Waals surface area contributed by atoms with Crippen LogP contribution in [0.15, 0.2) is 23.1 Å². The van der Waals surface area contributed by atoms with Gasteiger partial charge in [-0.2, -0.15) is 0 Å². The molecule has 0 fully saturated rings. The van der Waals surface area contributed by atoms with Crippen LogP contribution in [0.2, 0.25) is 0 Å². The van der Waals surface area contributed by atoms with E-state index in [2.05, 4.69) is 10.0 Å². The highest BCUT2D eigenvalue weighted by atomic mass is 32.2. The SMILES string of the molecule is COc1ccc(C)cc1S(=O)(=O)NCCNCC(C)O. The number of aryl methyl sites for hydroxylation is 1. The number of aliphatic hydroxyl groups is 1. The number of rotatable bonds is 8. The van der Waals surface area contributed by atoms with Gasteiger partial charge < -0.3 is 15.2 Å². The Morgan fingerprint density at radius 3 is 2.65 bits per heavy atom. The van der Waals surface area contributed by atoms with Gasteiger partial charge in [-0.3, -0.25) is 0 Å². The lowest BCUT2D eigenvalue weighted by Gasteiger charge is -2.12. The molecule has 1 unspecified atom stereocenters. The van der Waals surface area contributed by atoms with Crippen molar-refractivity contribution in [3.63, 3.8) is 0 Å². The first kappa shape index (κ1) is 16.9. The van der Waals surface area contributed by atoms with Crippen LogP contribution in [0.4, 0.5) is 0 Å². The summed E-state index contributed by atoms with van der Waals surface area (Å²) in [6.07, 6.45) is -0.455. The first-order valence-electron chi connectivity index (χ1n) is 6.40. The minimum Gasteiger partial charge on any atom is -0.495 e. The second kappa shape index (κ2) is 7.58. The van der Waals surface area contributed by atoms with Crippen molar-refractivity contribution in [3.05, 3.63) is 23.8 Å². The summed E-state index contributed by atoms with van der Waals surface area (Å²) in [6.45, 7) is 4.59. The predicted molar refractivity (Wildman–Crippen MR) is 77.5 cm³/mol. The number of nitrogens with one attached hydrogen (secondary N) is 2. The third-order valence-corrected chi connectivity index (χ3v) is 4.12. The van der Waals surface area contributed by atoms with Gasteiger partial charge in [0.2, 0.25) is 10.0 Å². The Morgan fingerprint density at radius 1 is 1.35 bits per heavy atom. The van der Waals surface area contributed by atoms with Crippen molar-refractivity contribution in [1.29, 1.82) is 0 Å². The zero-order valence-corrected chi connectivity index (χ0v) is 12.8. The quantitative estimate of drug-likeness (QED) is 0.599. The fraction of sp³-hybridized carbons (Fsp3) is 0.538. The van der Waals surface area contributed by atoms with Crippen LogP contribution in [0.25, 0.3) is 0 Å². The molecular weight excluding hydrogens is 280 g/mol. The van der Waals surface area contributed by atoms with Gasteiger partial charge in [0, 0.05) is 19.6 Å². The van der Waals surface area contributed by atoms with Crippen LogP contribution >= 0.6 is 0 Å². The molecule has 6 nitrogen and oxygen atoms in total. The number of methoxy groups -OCH3 is 1. The Balaban J connectivity index is 2.67. The number of hydrogen-bond donors (Lipinski definition) is 3. The molecule has 0 saturated carbocycles. The molecule has 1 aromatic carbocycles. The Hall–Kier alpha value is -1.15. The van der Waals surface area contributed by atoms with Gasteiger partial charge >= 0.3 is 0 Å². The number of benzene rings is 1. The Kier molecular flexibility index (Phi) is 6.41. The largest absolute Gasteiger partial charge is 0.495 e. The third kappa shape index (κ3) is 5.09. The molecule has 0 aromatic heterocycles. The first-order chi connectivity index (χ1) is 9.36. The van der Waals surface area contributed by atoms with Crippen LogP contribution in [-0.4, -0.2) is 46.4 Å². The van der Waals surface area contributed by atoms with Gasteiger partial charge in [-0.05, 0) is 31.5 Å². The zero-order valence-electron chi connectivity index (χ0n) is 12.0. The highest BCUT2D eigenvalue weighted by Crippen LogP contribution is 2.24. The Bertz CT molecular complexity index is 529. The summed E-state index contributed by atoms with van der Waals surface area (Å²) in [7, 11) is -2.17. The first-order valence-corrected chi connectivity index (χ1v) is 7.88. The minimum atomic E-state index is -3.60. The normalized spacial score (nSPS) is 13.2. The van der Waals surface area contributed by atoms with E-state index in [-0.39, 0.29) is 11.4 Å². The van der Waals surface area contributed by atoms with Crippen molar-refractivity contribution in [2.24, 2.45) is 0 Å². The summed E-state index contributed by atoms with van der Waals surface area (Å²) >= 11 is 0. The molecule has 0 radical (unpaired) electrons. The van der Waals surface area contributed by atoms with E-state index in [1.54, 1.807) is 25.1 Å². The number of hydrogen-bond acceptors (Lipinski definition) is 5. The Labute approximate surface area is 120 Å². The molecule has 20 heavy (non-hydrogen) atoms. The van der Waals surface area contributed by atoms with Gasteiger partial charge in [0.1, 0.15) is 10.6 Å². The fourth-order valence-corrected chi connectivity index (χ4v) is 2.94. The summed E-state index contributed by atoms with van der Waals surface area (Å²) in [4.78, 5) is 0.135. The molecule has 1 aromatic rings. The number of aliphatic hydroxyl groups excluding tert-OH is 1. The van der Waals surface area contributed by atoms with Gasteiger partial charge in [-0.25, -0.2) is 13.1 Å². The zero-order chi connectivity index (χ0) is 15.2. The molecule has 0 aliphatic rings. The third-order valence-electron chi connectivity index (χ3n) is 2.64. The van der Waals surface area contributed by atoms with Crippen LogP contribution in [0.5, 0.6) is 5.75 Å². The molecule has 7 heteroatoms. The van der Waals surface area contributed by atoms with E-state index in [1.807, 2.05) is 6.92 Å². The highest BCUT2D eigenvalue weighted by Gasteiger charge is 2.18. The van der Waals surface area contributed by atoms with Crippen molar-refractivity contribution in [1.82, 2.24) is 10.0 Å². The summed E-state index contributed by atoms with van der Waals surface area (Å²) in [5.74, 6) is 0.319. The molecule has 0 heterocycles. The van der Waals surface area contributed by atoms with Gasteiger partial charge in [0.05, 0.1) is 13.2 Å². The van der Waals surface area contributed by atoms with E-state index in [1.165, 1.54) is 7.11 Å². The average Bonchev–Trinajstić information content (AvgIpc) is 2.37. The summed E-state index contributed by atoms with van der Waals surface area (Å²) in [5.41, 5.74) is 0.846. The molecule has 0 spiro atoms. The number of sulfonamides is 1. The molecule has 1 atom stereocenters. The minimum absolute atomic E-state index is 0.135. The van der Waals surface area contributed by atoms with Crippen molar-refractivity contribution in [2.45, 2.75) is 24.8 Å². The van der Waals surface area contributed by atoms with Gasteiger partial charge in [0.15, 0.2) is 0 Å². The highest BCUT2D eigenvalue weighted by molar-refractivity contribution is 7.89. The topological polar surface area (TPSA) is 87.7 Å². The Morgan fingerprint density at radius 2 is 2.05 bits per heavy atom. The second-order valence-corrected chi connectivity index (χ2v) is 6.34. The van der Waals surface area contributed by atoms with E-state index in [0.29, 0.717) is 18.8 Å². The second-order valence-electron chi connectivity index (χ2n) is 4.61. The van der Waals surface area contributed by atoms with E-state index in [9.17, 15) is 8.42 Å². The molecule has 0 aliphatic heterocycles. The van der Waals surface area contributed by atoms with Crippen LogP contribution < -0.4 is 14.8 Å². The molecule has 0 amide bonds. The maximum Gasteiger partial charge on any atom is 0.244 e. The van der Waals surface area contributed by atoms with Crippen molar-refractivity contribution < 1.29 is 18.3 Å². The van der Waals surface area contributed by atoms with Crippen molar-refractivity contribution >= 4 is 10.0 Å². The average molecular weight is 302 g/mol. The summed E-state index contributed by atoms with van der Waals surface area (Å²) in [5, 5.41) is 12.0. The van der Waals surface area contributed by atoms with Crippen LogP contribution in [-0.2, 0) is 10.0 Å². The predicted octanol–water partition coefficient (Wildman–Crippen LogP) is 0.252. The maximum atomic E-state index is 12.2. The van der Waals surface area contributed by atoms with Crippen LogP contribution in [0, 0.1) is 6.92 Å². The van der Waals surface area contributed by atoms with Crippen LogP contribution in [0.3, 0.4) is 0 Å². The number of ether oxygens (including phenoxy) is 1. The van der Waals surface area contributed by atoms with Gasteiger partial charge in [-0.15, -0.1) is 0 Å². The van der Waals surface area contributed by atoms with Crippen LogP contribution in [0.1, 0.15) is 12.5 Å². The van der Waals surface area contributed by atoms with Gasteiger partial charge in [-0.1, -0.05) is 6.07 Å². The molecule has 0 saturated heterocycles. The molecule has 114 valence electrons. The maximum absolute atomic E-state index is 12.2. The lowest BCUT2D eigenvalue weighted by molar-refractivity contribution is 0.192. The molecular formula is C13H22N2O4S. The lowest BCUT2D eigenvalue weighted by Crippen LogP contribution is -2.34. The van der Waals surface area contributed by atoms with Gasteiger partial charge in [0.25, 0.3) is 0 Å².